The van der Waals surface area contributed by atoms with Crippen molar-refractivity contribution >= 4 is 32.6 Å². The quantitative estimate of drug-likeness (QED) is 0.427. The van der Waals surface area contributed by atoms with Gasteiger partial charge in [0, 0.05) is 43.0 Å². The molecule has 0 aromatic heterocycles. The zero-order valence-corrected chi connectivity index (χ0v) is 22.7. The molecule has 8 nitrogen and oxygen atoms in total. The number of carbonyl (C=O) groups is 1. The van der Waals surface area contributed by atoms with Crippen LogP contribution in [0.15, 0.2) is 60.7 Å². The molecule has 4 rings (SSSR count). The fraction of sp³-hybridized carbons (Fsp3) is 0.345. The summed E-state index contributed by atoms with van der Waals surface area (Å²) in [5, 5.41) is 11.6. The Hall–Kier alpha value is -3.58. The zero-order valence-electron chi connectivity index (χ0n) is 21.8. The molecule has 0 radical (unpaired) electrons. The predicted molar refractivity (Wildman–Crippen MR) is 150 cm³/mol. The summed E-state index contributed by atoms with van der Waals surface area (Å²) >= 11 is 0. The molecular formula is C29H33N3O5S. The molecule has 1 unspecified atom stereocenters. The van der Waals surface area contributed by atoms with E-state index in [2.05, 4.69) is 27.5 Å². The van der Waals surface area contributed by atoms with Crippen LogP contribution in [0.5, 0.6) is 5.75 Å². The van der Waals surface area contributed by atoms with Crippen LogP contribution < -0.4 is 14.4 Å². The number of carboxylic acids is 1. The SMILES string of the molecule is COc1ccc2cc(C#Cc3ccc(N4CCN(S(=O)(=O)NC(CC(C)C)C(=O)O)CC4)cc3)ccc2c1. The van der Waals surface area contributed by atoms with Crippen LogP contribution in [-0.4, -0.2) is 63.1 Å². The summed E-state index contributed by atoms with van der Waals surface area (Å²) in [7, 11) is -2.23. The van der Waals surface area contributed by atoms with Gasteiger partial charge in [-0.15, -0.1) is 0 Å². The molecule has 1 aliphatic heterocycles. The lowest BCUT2D eigenvalue weighted by Gasteiger charge is -2.35. The van der Waals surface area contributed by atoms with Gasteiger partial charge >= 0.3 is 5.97 Å². The summed E-state index contributed by atoms with van der Waals surface area (Å²) in [4.78, 5) is 13.6. The Morgan fingerprint density at radius 2 is 1.55 bits per heavy atom. The molecule has 200 valence electrons. The van der Waals surface area contributed by atoms with E-state index in [1.807, 2.05) is 68.4 Å². The van der Waals surface area contributed by atoms with Gasteiger partial charge < -0.3 is 14.7 Å². The van der Waals surface area contributed by atoms with E-state index in [4.69, 9.17) is 4.74 Å². The van der Waals surface area contributed by atoms with Gasteiger partial charge in [-0.25, -0.2) is 0 Å². The summed E-state index contributed by atoms with van der Waals surface area (Å²) in [5.41, 5.74) is 2.80. The van der Waals surface area contributed by atoms with Gasteiger partial charge in [0.05, 0.1) is 7.11 Å². The largest absolute Gasteiger partial charge is 0.497 e. The first-order valence-corrected chi connectivity index (χ1v) is 14.0. The summed E-state index contributed by atoms with van der Waals surface area (Å²) in [6.45, 7) is 5.30. The minimum absolute atomic E-state index is 0.0560. The van der Waals surface area contributed by atoms with E-state index < -0.39 is 22.2 Å². The van der Waals surface area contributed by atoms with Crippen molar-refractivity contribution in [3.05, 3.63) is 71.8 Å². The van der Waals surface area contributed by atoms with Crippen LogP contribution in [0.3, 0.4) is 0 Å². The van der Waals surface area contributed by atoms with Crippen molar-refractivity contribution in [2.45, 2.75) is 26.3 Å². The molecule has 3 aromatic rings. The van der Waals surface area contributed by atoms with Crippen molar-refractivity contribution in [2.24, 2.45) is 5.92 Å². The lowest BCUT2D eigenvalue weighted by molar-refractivity contribution is -0.139. The van der Waals surface area contributed by atoms with Crippen LogP contribution in [-0.2, 0) is 15.0 Å². The summed E-state index contributed by atoms with van der Waals surface area (Å²) in [6.07, 6.45) is 0.236. The third-order valence-corrected chi connectivity index (χ3v) is 8.13. The topological polar surface area (TPSA) is 99.2 Å². The lowest BCUT2D eigenvalue weighted by atomic mass is 10.1. The van der Waals surface area contributed by atoms with Gasteiger partial charge in [0.25, 0.3) is 10.2 Å². The molecular weight excluding hydrogens is 502 g/mol. The smallest absolute Gasteiger partial charge is 0.321 e. The van der Waals surface area contributed by atoms with E-state index in [-0.39, 0.29) is 25.4 Å². The number of hydrogen-bond donors (Lipinski definition) is 2. The number of hydrogen-bond acceptors (Lipinski definition) is 5. The first-order valence-electron chi connectivity index (χ1n) is 12.6. The Bertz CT molecular complexity index is 1450. The van der Waals surface area contributed by atoms with Crippen molar-refractivity contribution in [2.75, 3.05) is 38.2 Å². The van der Waals surface area contributed by atoms with Gasteiger partial charge in [-0.3, -0.25) is 4.79 Å². The number of nitrogens with one attached hydrogen (secondary N) is 1. The number of piperazine rings is 1. The third kappa shape index (κ3) is 6.84. The monoisotopic (exact) mass is 535 g/mol. The van der Waals surface area contributed by atoms with Crippen molar-refractivity contribution in [1.29, 1.82) is 0 Å². The molecule has 1 saturated heterocycles. The maximum absolute atomic E-state index is 12.8. The van der Waals surface area contributed by atoms with Crippen molar-refractivity contribution in [1.82, 2.24) is 9.03 Å². The minimum atomic E-state index is -3.89. The van der Waals surface area contributed by atoms with E-state index in [9.17, 15) is 18.3 Å². The lowest BCUT2D eigenvalue weighted by Crippen LogP contribution is -2.55. The van der Waals surface area contributed by atoms with Gasteiger partial charge in [-0.05, 0) is 71.6 Å². The number of fused-ring (bicyclic) bond motifs is 1. The Labute approximate surface area is 224 Å². The third-order valence-electron chi connectivity index (χ3n) is 6.51. The summed E-state index contributed by atoms with van der Waals surface area (Å²) in [5.74, 6) is 6.15. The average molecular weight is 536 g/mol. The molecule has 9 heteroatoms. The second-order valence-corrected chi connectivity index (χ2v) is 11.5. The highest BCUT2D eigenvalue weighted by Crippen LogP contribution is 2.22. The molecule has 3 aromatic carbocycles. The number of anilines is 1. The highest BCUT2D eigenvalue weighted by atomic mass is 32.2. The summed E-state index contributed by atoms with van der Waals surface area (Å²) < 4.78 is 34.5. The molecule has 38 heavy (non-hydrogen) atoms. The van der Waals surface area contributed by atoms with Gasteiger partial charge in [-0.2, -0.15) is 17.4 Å². The van der Waals surface area contributed by atoms with Gasteiger partial charge in [0.15, 0.2) is 0 Å². The number of ether oxygens (including phenoxy) is 1. The second-order valence-electron chi connectivity index (χ2n) is 9.75. The standard InChI is InChI=1S/C29H33N3O5S/c1-21(2)18-28(29(33)34)30-38(35,36)32-16-14-31(15-17-32)26-11-7-22(8-12-26)4-5-23-6-9-25-20-27(37-3)13-10-24(25)19-23/h6-13,19-21,28,30H,14-18H2,1-3H3,(H,33,34). The minimum Gasteiger partial charge on any atom is -0.497 e. The first-order chi connectivity index (χ1) is 18.1. The van der Waals surface area contributed by atoms with E-state index >= 15 is 0 Å². The highest BCUT2D eigenvalue weighted by molar-refractivity contribution is 7.87. The zero-order chi connectivity index (χ0) is 27.3. The molecule has 2 N–H and O–H groups in total. The van der Waals surface area contributed by atoms with E-state index in [0.29, 0.717) is 13.1 Å². The van der Waals surface area contributed by atoms with Crippen LogP contribution in [0.4, 0.5) is 5.69 Å². The van der Waals surface area contributed by atoms with Crippen LogP contribution in [0, 0.1) is 17.8 Å². The summed E-state index contributed by atoms with van der Waals surface area (Å²) in [6, 6.07) is 18.8. The molecule has 0 saturated carbocycles. The normalized spacial score (nSPS) is 15.2. The molecule has 0 amide bonds. The van der Waals surface area contributed by atoms with E-state index in [1.165, 1.54) is 4.31 Å². The molecule has 0 spiro atoms. The first kappa shape index (κ1) is 27.5. The van der Waals surface area contributed by atoms with Crippen LogP contribution in [0.1, 0.15) is 31.4 Å². The molecule has 1 atom stereocenters. The van der Waals surface area contributed by atoms with Crippen LogP contribution in [0.2, 0.25) is 0 Å². The van der Waals surface area contributed by atoms with Gasteiger partial charge in [0.2, 0.25) is 0 Å². The average Bonchev–Trinajstić information content (AvgIpc) is 2.91. The number of carboxylic acid groups (broad SMARTS) is 1. The fourth-order valence-corrected chi connectivity index (χ4v) is 5.79. The number of benzene rings is 3. The Morgan fingerprint density at radius 1 is 0.947 bits per heavy atom. The molecule has 0 bridgehead atoms. The maximum Gasteiger partial charge on any atom is 0.321 e. The van der Waals surface area contributed by atoms with Crippen molar-refractivity contribution < 1.29 is 23.1 Å². The molecule has 1 heterocycles. The second kappa shape index (κ2) is 11.9. The van der Waals surface area contributed by atoms with Crippen molar-refractivity contribution in [3.63, 3.8) is 0 Å². The van der Waals surface area contributed by atoms with Gasteiger partial charge in [0.1, 0.15) is 11.8 Å². The van der Waals surface area contributed by atoms with Crippen LogP contribution in [0.25, 0.3) is 10.8 Å². The Kier molecular flexibility index (Phi) is 8.57. The number of nitrogens with zero attached hydrogens (tertiary/aromatic N) is 2. The molecule has 1 fully saturated rings. The number of rotatable bonds is 8. The highest BCUT2D eigenvalue weighted by Gasteiger charge is 2.31. The maximum atomic E-state index is 12.8. The Morgan fingerprint density at radius 3 is 2.18 bits per heavy atom. The number of methoxy groups -OCH3 is 1. The predicted octanol–water partition coefficient (Wildman–Crippen LogP) is 3.70. The van der Waals surface area contributed by atoms with Gasteiger partial charge in [-0.1, -0.05) is 37.8 Å². The molecule has 0 aliphatic carbocycles. The van der Waals surface area contributed by atoms with E-state index in [0.717, 1.165) is 33.3 Å². The van der Waals surface area contributed by atoms with Crippen molar-refractivity contribution in [3.8, 4) is 17.6 Å². The van der Waals surface area contributed by atoms with Crippen LogP contribution >= 0.6 is 0 Å². The number of aliphatic carboxylic acids is 1. The molecule has 1 aliphatic rings. The Balaban J connectivity index is 1.36. The van der Waals surface area contributed by atoms with E-state index in [1.54, 1.807) is 7.11 Å². The fourth-order valence-electron chi connectivity index (χ4n) is 4.44.